The minimum atomic E-state index is -0.219. The van der Waals surface area contributed by atoms with Crippen molar-refractivity contribution >= 4 is 11.9 Å². The van der Waals surface area contributed by atoms with Crippen molar-refractivity contribution in [2.45, 2.75) is 19.6 Å². The van der Waals surface area contributed by atoms with E-state index in [1.807, 2.05) is 97.1 Å². The first kappa shape index (κ1) is 20.8. The summed E-state index contributed by atoms with van der Waals surface area (Å²) in [6, 6.07) is 25.6. The Morgan fingerprint density at radius 3 is 2.27 bits per heavy atom. The predicted octanol–water partition coefficient (Wildman–Crippen LogP) is 6.24. The van der Waals surface area contributed by atoms with E-state index in [9.17, 15) is 4.79 Å². The number of hydrogen-bond acceptors (Lipinski definition) is 4. The maximum atomic E-state index is 12.8. The highest BCUT2D eigenvalue weighted by atomic mass is 16.5. The second-order valence-corrected chi connectivity index (χ2v) is 8.01. The molecule has 0 saturated carbocycles. The van der Waals surface area contributed by atoms with Gasteiger partial charge in [-0.2, -0.15) is 0 Å². The van der Waals surface area contributed by atoms with Crippen LogP contribution in [0.25, 0.3) is 6.08 Å². The fraction of sp³-hybridized carbons (Fsp3) is 0.138. The average Bonchev–Trinajstić information content (AvgIpc) is 3.19. The van der Waals surface area contributed by atoms with Crippen molar-refractivity contribution in [3.63, 3.8) is 0 Å². The van der Waals surface area contributed by atoms with Gasteiger partial charge in [-0.1, -0.05) is 72.8 Å². The van der Waals surface area contributed by atoms with Gasteiger partial charge in [0.2, 0.25) is 5.78 Å². The van der Waals surface area contributed by atoms with Gasteiger partial charge in [-0.15, -0.1) is 0 Å². The minimum Gasteiger partial charge on any atom is -0.489 e. The third kappa shape index (κ3) is 4.90. The lowest BCUT2D eigenvalue weighted by atomic mass is 9.95. The molecule has 1 atom stereocenters. The molecule has 1 fully saturated rings. The molecule has 1 heterocycles. The highest BCUT2D eigenvalue weighted by Gasteiger charge is 2.36. The Bertz CT molecular complexity index is 1220. The zero-order chi connectivity index (χ0) is 22.5. The molecule has 164 valence electrons. The number of ketones is 1. The van der Waals surface area contributed by atoms with Crippen molar-refractivity contribution in [2.24, 2.45) is 5.92 Å². The second kappa shape index (κ2) is 9.61. The fourth-order valence-electron chi connectivity index (χ4n) is 3.87. The van der Waals surface area contributed by atoms with Gasteiger partial charge in [-0.05, 0) is 41.8 Å². The van der Waals surface area contributed by atoms with E-state index < -0.39 is 0 Å². The van der Waals surface area contributed by atoms with E-state index in [1.54, 1.807) is 6.08 Å². The maximum Gasteiger partial charge on any atom is 0.208 e. The molecule has 1 unspecified atom stereocenters. The van der Waals surface area contributed by atoms with Crippen LogP contribution in [-0.4, -0.2) is 5.78 Å². The van der Waals surface area contributed by atoms with Gasteiger partial charge in [0.1, 0.15) is 30.5 Å². The lowest BCUT2D eigenvalue weighted by Gasteiger charge is -2.13. The largest absolute Gasteiger partial charge is 0.489 e. The van der Waals surface area contributed by atoms with Gasteiger partial charge in [0.25, 0.3) is 0 Å². The Morgan fingerprint density at radius 1 is 0.879 bits per heavy atom. The van der Waals surface area contributed by atoms with Crippen LogP contribution in [0.4, 0.5) is 0 Å². The van der Waals surface area contributed by atoms with Crippen LogP contribution in [0, 0.1) is 5.92 Å². The molecule has 4 heteroatoms. The summed E-state index contributed by atoms with van der Waals surface area (Å²) >= 11 is 0. The van der Waals surface area contributed by atoms with Crippen molar-refractivity contribution in [3.05, 3.63) is 125 Å². The molecule has 0 N–H and O–H groups in total. The molecular formula is C29H24O4. The molecule has 3 aromatic carbocycles. The minimum absolute atomic E-state index is 0.00372. The standard InChI is InChI=1S/C29H24O4/c30-29-25-13-7-8-14-26(25)33-28(29)17-23-15-16-24(31-19-21-9-3-1-4-10-21)18-27(23)32-20-22-11-5-2-6-12-22/h1-12,14-18,25H,13,19-20H2/b28-17-. The van der Waals surface area contributed by atoms with Crippen molar-refractivity contribution in [2.75, 3.05) is 0 Å². The van der Waals surface area contributed by atoms with Gasteiger partial charge in [0.05, 0.1) is 5.92 Å². The maximum absolute atomic E-state index is 12.8. The summed E-state index contributed by atoms with van der Waals surface area (Å²) in [5.74, 6) is 2.17. The summed E-state index contributed by atoms with van der Waals surface area (Å²) < 4.78 is 18.0. The molecule has 1 aliphatic carbocycles. The van der Waals surface area contributed by atoms with Crippen LogP contribution in [0.3, 0.4) is 0 Å². The van der Waals surface area contributed by atoms with E-state index in [1.165, 1.54) is 0 Å². The number of carbonyl (C=O) groups excluding carboxylic acids is 1. The molecule has 0 spiro atoms. The third-order valence-corrected chi connectivity index (χ3v) is 5.66. The van der Waals surface area contributed by atoms with E-state index in [0.29, 0.717) is 42.7 Å². The van der Waals surface area contributed by atoms with Gasteiger partial charge >= 0.3 is 0 Å². The normalized spacial score (nSPS) is 17.9. The second-order valence-electron chi connectivity index (χ2n) is 8.01. The van der Waals surface area contributed by atoms with E-state index in [2.05, 4.69) is 0 Å². The zero-order valence-electron chi connectivity index (χ0n) is 18.1. The van der Waals surface area contributed by atoms with Gasteiger partial charge in [-0.3, -0.25) is 4.79 Å². The van der Waals surface area contributed by atoms with Crippen LogP contribution in [0.5, 0.6) is 11.5 Å². The number of carbonyl (C=O) groups is 1. The molecule has 0 radical (unpaired) electrons. The first-order chi connectivity index (χ1) is 16.3. The van der Waals surface area contributed by atoms with Gasteiger partial charge < -0.3 is 14.2 Å². The summed E-state index contributed by atoms with van der Waals surface area (Å²) in [4.78, 5) is 12.8. The average molecular weight is 437 g/mol. The van der Waals surface area contributed by atoms with Crippen LogP contribution >= 0.6 is 0 Å². The number of rotatable bonds is 7. The predicted molar refractivity (Wildman–Crippen MR) is 127 cm³/mol. The summed E-state index contributed by atoms with van der Waals surface area (Å²) in [5, 5.41) is 0. The molecule has 0 amide bonds. The molecule has 4 nitrogen and oxygen atoms in total. The molecule has 2 aliphatic rings. The third-order valence-electron chi connectivity index (χ3n) is 5.66. The zero-order valence-corrected chi connectivity index (χ0v) is 18.1. The smallest absolute Gasteiger partial charge is 0.208 e. The highest BCUT2D eigenvalue weighted by Crippen LogP contribution is 2.37. The fourth-order valence-corrected chi connectivity index (χ4v) is 3.87. The van der Waals surface area contributed by atoms with Crippen LogP contribution in [0.15, 0.2) is 109 Å². The first-order valence-electron chi connectivity index (χ1n) is 11.0. The lowest BCUT2D eigenvalue weighted by molar-refractivity contribution is -0.117. The molecule has 5 rings (SSSR count). The molecule has 33 heavy (non-hydrogen) atoms. The summed E-state index contributed by atoms with van der Waals surface area (Å²) in [5.41, 5.74) is 2.92. The Labute approximate surface area is 193 Å². The Balaban J connectivity index is 1.40. The quantitative estimate of drug-likeness (QED) is 0.411. The highest BCUT2D eigenvalue weighted by molar-refractivity contribution is 6.03. The van der Waals surface area contributed by atoms with Crippen molar-refractivity contribution in [3.8, 4) is 11.5 Å². The number of benzene rings is 3. The van der Waals surface area contributed by atoms with E-state index >= 15 is 0 Å². The monoisotopic (exact) mass is 436 g/mol. The number of allylic oxidation sites excluding steroid dienone is 5. The number of fused-ring (bicyclic) bond motifs is 1. The summed E-state index contributed by atoms with van der Waals surface area (Å²) in [7, 11) is 0. The summed E-state index contributed by atoms with van der Waals surface area (Å²) in [6.07, 6.45) is 8.22. The van der Waals surface area contributed by atoms with E-state index in [4.69, 9.17) is 14.2 Å². The number of Topliss-reactive ketones (excluding diaryl/α,β-unsaturated/α-hetero) is 1. The molecule has 3 aromatic rings. The van der Waals surface area contributed by atoms with Crippen LogP contribution in [0.1, 0.15) is 23.1 Å². The Hall–Kier alpha value is -4.05. The molecular weight excluding hydrogens is 412 g/mol. The molecule has 1 aliphatic heterocycles. The van der Waals surface area contributed by atoms with Crippen molar-refractivity contribution in [1.82, 2.24) is 0 Å². The van der Waals surface area contributed by atoms with Crippen molar-refractivity contribution in [1.29, 1.82) is 0 Å². The van der Waals surface area contributed by atoms with Crippen LogP contribution < -0.4 is 9.47 Å². The van der Waals surface area contributed by atoms with Crippen LogP contribution in [-0.2, 0) is 22.7 Å². The van der Waals surface area contributed by atoms with Crippen molar-refractivity contribution < 1.29 is 19.0 Å². The topological polar surface area (TPSA) is 44.8 Å². The molecule has 0 aromatic heterocycles. The molecule has 1 saturated heterocycles. The van der Waals surface area contributed by atoms with E-state index in [-0.39, 0.29) is 11.7 Å². The first-order valence-corrected chi connectivity index (χ1v) is 11.0. The number of ether oxygens (including phenoxy) is 3. The van der Waals surface area contributed by atoms with Gasteiger partial charge in [0, 0.05) is 11.6 Å². The van der Waals surface area contributed by atoms with E-state index in [0.717, 1.165) is 16.7 Å². The SMILES string of the molecule is O=C1/C(=C/c2ccc(OCc3ccccc3)cc2OCc2ccccc2)OC2=CC=CCC12. The molecule has 0 bridgehead atoms. The van der Waals surface area contributed by atoms with Gasteiger partial charge in [0.15, 0.2) is 5.76 Å². The van der Waals surface area contributed by atoms with Crippen LogP contribution in [0.2, 0.25) is 0 Å². The number of hydrogen-bond donors (Lipinski definition) is 0. The Kier molecular flexibility index (Phi) is 6.07. The summed E-state index contributed by atoms with van der Waals surface area (Å²) in [6.45, 7) is 0.871. The Morgan fingerprint density at radius 2 is 1.58 bits per heavy atom. The van der Waals surface area contributed by atoms with Gasteiger partial charge in [-0.25, -0.2) is 0 Å². The lowest BCUT2D eigenvalue weighted by Crippen LogP contribution is -2.09.